The van der Waals surface area contributed by atoms with Gasteiger partial charge in [-0.15, -0.1) is 0 Å². The second kappa shape index (κ2) is 5.16. The van der Waals surface area contributed by atoms with Gasteiger partial charge in [0.2, 0.25) is 0 Å². The third kappa shape index (κ3) is 2.27. The molecule has 1 aliphatic heterocycles. The van der Waals surface area contributed by atoms with E-state index in [1.54, 1.807) is 0 Å². The number of likely N-dealkylation sites (tertiary alicyclic amines) is 1. The van der Waals surface area contributed by atoms with Crippen molar-refractivity contribution in [2.24, 2.45) is 5.92 Å². The summed E-state index contributed by atoms with van der Waals surface area (Å²) in [5.74, 6) is 1.23. The normalized spacial score (nSPS) is 27.7. The Morgan fingerprint density at radius 1 is 1.21 bits per heavy atom. The van der Waals surface area contributed by atoms with Crippen LogP contribution in [0.25, 0.3) is 0 Å². The molecule has 0 radical (unpaired) electrons. The number of benzene rings is 1. The summed E-state index contributed by atoms with van der Waals surface area (Å²) in [6.07, 6.45) is 6.16. The predicted molar refractivity (Wildman–Crippen MR) is 78.4 cm³/mol. The molecule has 1 aliphatic carbocycles. The Balaban J connectivity index is 1.93. The summed E-state index contributed by atoms with van der Waals surface area (Å²) in [5, 5.41) is 10.1. The minimum absolute atomic E-state index is 0.502. The zero-order valence-electron chi connectivity index (χ0n) is 12.1. The van der Waals surface area contributed by atoms with Crippen molar-refractivity contribution in [3.05, 3.63) is 29.3 Å². The quantitative estimate of drug-likeness (QED) is 0.871. The first-order chi connectivity index (χ1) is 9.18. The molecule has 1 N–H and O–H groups in total. The number of phenols is 1. The zero-order chi connectivity index (χ0) is 13.4. The van der Waals surface area contributed by atoms with Crippen LogP contribution in [-0.4, -0.2) is 22.6 Å². The molecule has 2 heteroatoms. The van der Waals surface area contributed by atoms with E-state index >= 15 is 0 Å². The van der Waals surface area contributed by atoms with E-state index < -0.39 is 0 Å². The van der Waals surface area contributed by atoms with Gasteiger partial charge in [-0.05, 0) is 61.8 Å². The molecule has 1 fully saturated rings. The average Bonchev–Trinajstić information content (AvgIpc) is 2.88. The van der Waals surface area contributed by atoms with E-state index in [1.807, 2.05) is 12.1 Å². The smallest absolute Gasteiger partial charge is 0.119 e. The fourth-order valence-electron chi connectivity index (χ4n) is 4.07. The third-order valence-corrected chi connectivity index (χ3v) is 4.96. The predicted octanol–water partition coefficient (Wildman–Crippen LogP) is 3.89. The highest BCUT2D eigenvalue weighted by Crippen LogP contribution is 2.42. The molecule has 1 heterocycles. The number of aromatic hydroxyl groups is 1. The highest BCUT2D eigenvalue weighted by molar-refractivity contribution is 5.42. The van der Waals surface area contributed by atoms with Crippen LogP contribution in [-0.2, 0) is 6.42 Å². The second-order valence-corrected chi connectivity index (χ2v) is 6.44. The molecule has 1 aromatic rings. The molecule has 3 rings (SSSR count). The van der Waals surface area contributed by atoms with Crippen molar-refractivity contribution in [3.8, 4) is 5.75 Å². The van der Waals surface area contributed by atoms with Gasteiger partial charge in [-0.25, -0.2) is 0 Å². The lowest BCUT2D eigenvalue weighted by Crippen LogP contribution is -2.38. The Hall–Kier alpha value is -1.02. The van der Waals surface area contributed by atoms with Crippen molar-refractivity contribution in [1.82, 2.24) is 4.90 Å². The Labute approximate surface area is 116 Å². The van der Waals surface area contributed by atoms with Crippen LogP contribution in [0.15, 0.2) is 18.2 Å². The molecule has 0 bridgehead atoms. The van der Waals surface area contributed by atoms with E-state index in [0.29, 0.717) is 11.8 Å². The maximum atomic E-state index is 10.1. The molecule has 0 spiro atoms. The lowest BCUT2D eigenvalue weighted by molar-refractivity contribution is 0.131. The van der Waals surface area contributed by atoms with Crippen molar-refractivity contribution in [3.63, 3.8) is 0 Å². The number of rotatable bonds is 2. The highest BCUT2D eigenvalue weighted by Gasteiger charge is 2.35. The third-order valence-electron chi connectivity index (χ3n) is 4.96. The van der Waals surface area contributed by atoms with Gasteiger partial charge in [0.05, 0.1) is 0 Å². The van der Waals surface area contributed by atoms with Gasteiger partial charge in [-0.2, -0.15) is 0 Å². The van der Waals surface area contributed by atoms with Crippen LogP contribution in [0.2, 0.25) is 0 Å². The summed E-state index contributed by atoms with van der Waals surface area (Å²) < 4.78 is 0. The molecular weight excluding hydrogens is 234 g/mol. The van der Waals surface area contributed by atoms with Crippen molar-refractivity contribution in [2.45, 2.75) is 58.0 Å². The van der Waals surface area contributed by atoms with Crippen LogP contribution in [0.1, 0.15) is 56.7 Å². The lowest BCUT2D eigenvalue weighted by atomic mass is 9.85. The molecule has 19 heavy (non-hydrogen) atoms. The summed E-state index contributed by atoms with van der Waals surface area (Å²) in [4.78, 5) is 2.71. The van der Waals surface area contributed by atoms with Crippen LogP contribution < -0.4 is 0 Å². The summed E-state index contributed by atoms with van der Waals surface area (Å²) in [7, 11) is 0. The number of hydrogen-bond acceptors (Lipinski definition) is 2. The van der Waals surface area contributed by atoms with Crippen molar-refractivity contribution >= 4 is 0 Å². The molecule has 104 valence electrons. The topological polar surface area (TPSA) is 23.5 Å². The van der Waals surface area contributed by atoms with Gasteiger partial charge >= 0.3 is 0 Å². The Morgan fingerprint density at radius 3 is 2.84 bits per heavy atom. The van der Waals surface area contributed by atoms with Crippen molar-refractivity contribution < 1.29 is 5.11 Å². The van der Waals surface area contributed by atoms with Crippen LogP contribution in [0.4, 0.5) is 0 Å². The van der Waals surface area contributed by atoms with E-state index in [-0.39, 0.29) is 0 Å². The Kier molecular flexibility index (Phi) is 3.53. The van der Waals surface area contributed by atoms with Crippen LogP contribution in [0.3, 0.4) is 0 Å². The Morgan fingerprint density at radius 2 is 2.05 bits per heavy atom. The maximum absolute atomic E-state index is 10.1. The molecule has 1 saturated heterocycles. The van der Waals surface area contributed by atoms with Crippen LogP contribution in [0.5, 0.6) is 5.75 Å². The number of phenolic OH excluding ortho intramolecular Hbond substituents is 1. The van der Waals surface area contributed by atoms with Gasteiger partial charge < -0.3 is 5.11 Å². The molecule has 2 unspecified atom stereocenters. The molecule has 1 aromatic carbocycles. The molecule has 0 saturated carbocycles. The van der Waals surface area contributed by atoms with Crippen molar-refractivity contribution in [1.29, 1.82) is 0 Å². The molecule has 0 aromatic heterocycles. The fourth-order valence-corrected chi connectivity index (χ4v) is 4.07. The standard InChI is InChI=1S/C17H25NO/c1-12(2)15-9-5-11-18(15)16-8-3-7-14-13(16)6-4-10-17(14)19/h4,6,10,12,15-16,19H,3,5,7-9,11H2,1-2H3. The highest BCUT2D eigenvalue weighted by atomic mass is 16.3. The van der Waals surface area contributed by atoms with E-state index in [9.17, 15) is 5.11 Å². The van der Waals surface area contributed by atoms with E-state index in [1.165, 1.54) is 43.4 Å². The first-order valence-electron chi connectivity index (χ1n) is 7.75. The van der Waals surface area contributed by atoms with Gasteiger partial charge in [-0.3, -0.25) is 4.90 Å². The lowest BCUT2D eigenvalue weighted by Gasteiger charge is -2.38. The van der Waals surface area contributed by atoms with E-state index in [4.69, 9.17) is 0 Å². The van der Waals surface area contributed by atoms with E-state index in [2.05, 4.69) is 24.8 Å². The van der Waals surface area contributed by atoms with Gasteiger partial charge in [0, 0.05) is 12.1 Å². The first kappa shape index (κ1) is 13.0. The van der Waals surface area contributed by atoms with Crippen LogP contribution >= 0.6 is 0 Å². The maximum Gasteiger partial charge on any atom is 0.119 e. The zero-order valence-corrected chi connectivity index (χ0v) is 12.1. The summed E-state index contributed by atoms with van der Waals surface area (Å²) in [6.45, 7) is 5.91. The van der Waals surface area contributed by atoms with E-state index in [0.717, 1.165) is 18.4 Å². The summed E-state index contributed by atoms with van der Waals surface area (Å²) >= 11 is 0. The summed E-state index contributed by atoms with van der Waals surface area (Å²) in [5.41, 5.74) is 2.59. The van der Waals surface area contributed by atoms with Crippen LogP contribution in [0, 0.1) is 5.92 Å². The average molecular weight is 259 g/mol. The SMILES string of the molecule is CC(C)C1CCCN1C1CCCc2c(O)cccc21. The summed E-state index contributed by atoms with van der Waals surface area (Å²) in [6, 6.07) is 7.33. The molecule has 2 aliphatic rings. The second-order valence-electron chi connectivity index (χ2n) is 6.44. The van der Waals surface area contributed by atoms with Crippen molar-refractivity contribution in [2.75, 3.05) is 6.54 Å². The van der Waals surface area contributed by atoms with Gasteiger partial charge in [-0.1, -0.05) is 26.0 Å². The largest absolute Gasteiger partial charge is 0.508 e. The van der Waals surface area contributed by atoms with Gasteiger partial charge in [0.1, 0.15) is 5.75 Å². The first-order valence-corrected chi connectivity index (χ1v) is 7.75. The van der Waals surface area contributed by atoms with Gasteiger partial charge in [0.25, 0.3) is 0 Å². The molecular formula is C17H25NO. The van der Waals surface area contributed by atoms with Gasteiger partial charge in [0.15, 0.2) is 0 Å². The molecule has 2 atom stereocenters. The molecule has 2 nitrogen and oxygen atoms in total. The monoisotopic (exact) mass is 259 g/mol. The number of hydrogen-bond donors (Lipinski definition) is 1. The Bertz CT molecular complexity index is 455. The minimum atomic E-state index is 0.502. The number of fused-ring (bicyclic) bond motifs is 1. The minimum Gasteiger partial charge on any atom is -0.508 e. The molecule has 0 amide bonds. The number of nitrogens with zero attached hydrogens (tertiary/aromatic N) is 1. The fraction of sp³-hybridized carbons (Fsp3) is 0.647.